The first-order valence-corrected chi connectivity index (χ1v) is 5.85. The molecule has 0 spiro atoms. The molecule has 2 aromatic carbocycles. The minimum Gasteiger partial charge on any atom is -0.508 e. The molecule has 2 N–H and O–H groups in total. The largest absolute Gasteiger partial charge is 0.508 e. The molecule has 0 saturated heterocycles. The van der Waals surface area contributed by atoms with Crippen LogP contribution in [-0.2, 0) is 0 Å². The Morgan fingerprint density at radius 2 is 1.65 bits per heavy atom. The van der Waals surface area contributed by atoms with E-state index in [1.165, 1.54) is 0 Å². The van der Waals surface area contributed by atoms with Crippen LogP contribution < -0.4 is 3.88 Å². The van der Waals surface area contributed by atoms with Crippen molar-refractivity contribution in [2.24, 2.45) is 0 Å². The molecule has 82 valence electrons. The molecule has 0 aliphatic carbocycles. The maximum absolute atomic E-state index is 10.0. The number of phenols is 2. The number of rotatable bonds is 1. The van der Waals surface area contributed by atoms with E-state index in [1.807, 2.05) is 34.2 Å². The number of hydrogen-bond donors (Lipinski definition) is 2. The normalized spacial score (nSPS) is 17.4. The molecule has 1 heterocycles. The molecule has 2 aromatic rings. The first-order chi connectivity index (χ1) is 8.20. The zero-order valence-corrected chi connectivity index (χ0v) is 10.2. The van der Waals surface area contributed by atoms with Crippen molar-refractivity contribution < 1.29 is 10.2 Å². The van der Waals surface area contributed by atoms with Crippen LogP contribution in [0.25, 0.3) is 0 Å². The fraction of sp³-hybridized carbons (Fsp3) is 0.0769. The topological polar surface area (TPSA) is 43.7 Å². The average Bonchev–Trinajstić information content (AvgIpc) is 2.48. The Morgan fingerprint density at radius 3 is 2.35 bits per heavy atom. The summed E-state index contributed by atoms with van der Waals surface area (Å²) in [5.41, 5.74) is 2.37. The summed E-state index contributed by atoms with van der Waals surface area (Å²) < 4.78 is 1.89. The second-order valence-corrected chi connectivity index (χ2v) is 4.64. The molecule has 0 fully saturated rings. The summed E-state index contributed by atoms with van der Waals surface area (Å²) in [6.07, 6.45) is 0. The molecule has 1 aliphatic heterocycles. The number of nitrogens with zero attached hydrogens (tertiary/aromatic N) is 1. The molecule has 0 aromatic heterocycles. The Bertz CT molecular complexity index is 585. The highest BCUT2D eigenvalue weighted by atomic mass is 27.1. The van der Waals surface area contributed by atoms with E-state index in [-0.39, 0.29) is 17.5 Å². The van der Waals surface area contributed by atoms with E-state index in [0.29, 0.717) is 0 Å². The van der Waals surface area contributed by atoms with Crippen LogP contribution in [0.4, 0.5) is 5.69 Å². The Morgan fingerprint density at radius 1 is 0.941 bits per heavy atom. The van der Waals surface area contributed by atoms with Crippen molar-refractivity contribution in [3.8, 4) is 11.5 Å². The highest BCUT2D eigenvalue weighted by Crippen LogP contribution is 2.49. The molecule has 2 bridgehead atoms. The molecule has 0 saturated carbocycles. The maximum atomic E-state index is 10.0. The van der Waals surface area contributed by atoms with Gasteiger partial charge >= 0.3 is 16.5 Å². The fourth-order valence-electron chi connectivity index (χ4n) is 2.30. The fourth-order valence-corrected chi connectivity index (χ4v) is 2.83. The third-order valence-corrected chi connectivity index (χ3v) is 3.70. The lowest BCUT2D eigenvalue weighted by molar-refractivity contribution is 0.463. The van der Waals surface area contributed by atoms with Crippen molar-refractivity contribution in [1.82, 2.24) is 0 Å². The molecule has 17 heavy (non-hydrogen) atoms. The summed E-state index contributed by atoms with van der Waals surface area (Å²) in [6, 6.07) is 12.7. The number of anilines is 1. The molecule has 1 unspecified atom stereocenters. The Kier molecular flexibility index (Phi) is 2.29. The van der Waals surface area contributed by atoms with Crippen molar-refractivity contribution >= 4 is 22.2 Å². The van der Waals surface area contributed by atoms with Crippen molar-refractivity contribution in [2.45, 2.75) is 6.04 Å². The van der Waals surface area contributed by atoms with E-state index in [0.717, 1.165) is 16.8 Å². The molecule has 1 atom stereocenters. The van der Waals surface area contributed by atoms with Crippen LogP contribution >= 0.6 is 0 Å². The van der Waals surface area contributed by atoms with Gasteiger partial charge in [-0.15, -0.1) is 0 Å². The highest BCUT2D eigenvalue weighted by molar-refractivity contribution is 6.20. The Balaban J connectivity index is 2.18. The van der Waals surface area contributed by atoms with Crippen molar-refractivity contribution in [3.05, 3.63) is 53.6 Å². The van der Waals surface area contributed by atoms with E-state index < -0.39 is 0 Å². The first kappa shape index (κ1) is 10.5. The monoisotopic (exact) mass is 239 g/mol. The van der Waals surface area contributed by atoms with Crippen LogP contribution in [0.3, 0.4) is 0 Å². The number of aromatic hydroxyl groups is 2. The van der Waals surface area contributed by atoms with Gasteiger partial charge < -0.3 is 14.1 Å². The molecule has 2 radical (unpaired) electrons. The molecule has 3 rings (SSSR count). The Hall–Kier alpha value is -1.63. The van der Waals surface area contributed by atoms with Crippen LogP contribution in [0.1, 0.15) is 17.2 Å². The predicted molar refractivity (Wildman–Crippen MR) is 66.3 cm³/mol. The summed E-state index contributed by atoms with van der Waals surface area (Å²) in [7, 11) is 0. The molecule has 3 nitrogen and oxygen atoms in total. The van der Waals surface area contributed by atoms with Crippen molar-refractivity contribution in [1.29, 1.82) is 0 Å². The molecular weight excluding hydrogens is 229 g/mol. The minimum atomic E-state index is -0.147. The van der Waals surface area contributed by atoms with Gasteiger partial charge in [0.05, 0.1) is 11.7 Å². The first-order valence-electron chi connectivity index (χ1n) is 5.34. The second kappa shape index (κ2) is 3.70. The van der Waals surface area contributed by atoms with Crippen LogP contribution in [0.5, 0.6) is 11.5 Å². The highest BCUT2D eigenvalue weighted by Gasteiger charge is 2.31. The van der Waals surface area contributed by atoms with Gasteiger partial charge in [0.2, 0.25) is 0 Å². The minimum absolute atomic E-state index is 0.147. The van der Waals surface area contributed by atoms with E-state index in [4.69, 9.17) is 0 Å². The average molecular weight is 239 g/mol. The van der Waals surface area contributed by atoms with Gasteiger partial charge in [-0.2, -0.15) is 0 Å². The zero-order valence-electron chi connectivity index (χ0n) is 9.04. The maximum Gasteiger partial charge on any atom is 0.311 e. The molecule has 4 heteroatoms. The quantitative estimate of drug-likeness (QED) is 0.749. The lowest BCUT2D eigenvalue weighted by Gasteiger charge is -2.25. The third kappa shape index (κ3) is 1.42. The van der Waals surface area contributed by atoms with Crippen LogP contribution in [0.2, 0.25) is 0 Å². The molecule has 1 aliphatic rings. The predicted octanol–water partition coefficient (Wildman–Crippen LogP) is 2.09. The number of benzene rings is 2. The van der Waals surface area contributed by atoms with Crippen molar-refractivity contribution in [2.75, 3.05) is 3.88 Å². The van der Waals surface area contributed by atoms with Crippen LogP contribution in [-0.4, -0.2) is 26.7 Å². The number of fused-ring (bicyclic) bond motifs is 2. The van der Waals surface area contributed by atoms with E-state index in [9.17, 15) is 10.2 Å². The number of hydrogen-bond acceptors (Lipinski definition) is 3. The van der Waals surface area contributed by atoms with Crippen LogP contribution in [0.15, 0.2) is 42.5 Å². The van der Waals surface area contributed by atoms with Gasteiger partial charge in [-0.05, 0) is 12.1 Å². The van der Waals surface area contributed by atoms with Gasteiger partial charge in [0, 0.05) is 11.1 Å². The summed E-state index contributed by atoms with van der Waals surface area (Å²) >= 11 is 2.59. The number of para-hydroxylation sites is 2. The van der Waals surface area contributed by atoms with Gasteiger partial charge in [0.25, 0.3) is 0 Å². The van der Waals surface area contributed by atoms with E-state index in [2.05, 4.69) is 16.5 Å². The van der Waals surface area contributed by atoms with Gasteiger partial charge in [-0.1, -0.05) is 30.3 Å². The van der Waals surface area contributed by atoms with Crippen LogP contribution in [0, 0.1) is 0 Å². The second-order valence-electron chi connectivity index (χ2n) is 4.08. The standard InChI is InChI=1S/C13H10NO2.Al/c15-11-7-2-1-4-8(11)12-9-5-3-6-10(14-12)13(9)16;/h1-7,12,15-16H;/q-1;+1. The SMILES string of the molecule is Oc1ccccc1C1c2cccc(c2O)[N]1[Al]. The smallest absolute Gasteiger partial charge is 0.311 e. The van der Waals surface area contributed by atoms with Gasteiger partial charge in [0.15, 0.2) is 0 Å². The van der Waals surface area contributed by atoms with Gasteiger partial charge in [0.1, 0.15) is 11.5 Å². The third-order valence-electron chi connectivity index (χ3n) is 3.13. The molecule has 0 amide bonds. The van der Waals surface area contributed by atoms with Gasteiger partial charge in [-0.25, -0.2) is 0 Å². The molecular formula is C13H10AlNO2. The Labute approximate surface area is 108 Å². The lowest BCUT2D eigenvalue weighted by Crippen LogP contribution is -2.21. The summed E-state index contributed by atoms with van der Waals surface area (Å²) in [6.45, 7) is 0. The summed E-state index contributed by atoms with van der Waals surface area (Å²) in [4.78, 5) is 0. The van der Waals surface area contributed by atoms with Gasteiger partial charge in [-0.3, -0.25) is 0 Å². The summed E-state index contributed by atoms with van der Waals surface area (Å²) in [5, 5.41) is 19.9. The van der Waals surface area contributed by atoms with Crippen molar-refractivity contribution in [3.63, 3.8) is 0 Å². The lowest BCUT2D eigenvalue weighted by atomic mass is 10.0. The summed E-state index contributed by atoms with van der Waals surface area (Å²) in [5.74, 6) is 0.530. The van der Waals surface area contributed by atoms with E-state index in [1.54, 1.807) is 12.1 Å². The zero-order chi connectivity index (χ0) is 12.0. The number of phenolic OH excluding ortho intramolecular Hbond substituents is 2. The van der Waals surface area contributed by atoms with E-state index >= 15 is 0 Å².